The molecule has 0 spiro atoms. The first-order valence-corrected chi connectivity index (χ1v) is 4.98. The molecule has 0 aliphatic heterocycles. The van der Waals surface area contributed by atoms with Gasteiger partial charge in [-0.05, 0) is 17.5 Å². The van der Waals surface area contributed by atoms with E-state index in [-0.39, 0.29) is 11.2 Å². The molecule has 0 aromatic carbocycles. The largest absolute Gasteiger partial charge is 0.257 e. The Hall–Kier alpha value is -0.920. The van der Waals surface area contributed by atoms with Gasteiger partial charge in [0.15, 0.2) is 0 Å². The molecule has 0 unspecified atom stereocenters. The summed E-state index contributed by atoms with van der Waals surface area (Å²) in [6, 6.07) is 1.60. The Morgan fingerprint density at radius 3 is 2.21 bits per heavy atom. The molecule has 0 atom stereocenters. The standard InChI is InChI=1S/C12H18FN/c1-8(2)9-6-10(13)11(14-7-9)12(3,4)5/h6-8H,1-5H3. The molecule has 1 heterocycles. The molecule has 0 saturated carbocycles. The normalized spacial score (nSPS) is 12.2. The van der Waals surface area contributed by atoms with Crippen LogP contribution in [0.3, 0.4) is 0 Å². The van der Waals surface area contributed by atoms with E-state index in [0.29, 0.717) is 11.6 Å². The second-order valence-corrected chi connectivity index (χ2v) is 5.00. The van der Waals surface area contributed by atoms with Crippen molar-refractivity contribution in [2.75, 3.05) is 0 Å². The Labute approximate surface area is 85.4 Å². The van der Waals surface area contributed by atoms with Crippen molar-refractivity contribution in [3.63, 3.8) is 0 Å². The molecule has 1 rings (SSSR count). The average molecular weight is 195 g/mol. The third-order valence-corrected chi connectivity index (χ3v) is 2.24. The van der Waals surface area contributed by atoms with E-state index in [1.807, 2.05) is 34.6 Å². The number of pyridine rings is 1. The predicted molar refractivity (Wildman–Crippen MR) is 57.0 cm³/mol. The quantitative estimate of drug-likeness (QED) is 0.666. The Morgan fingerprint density at radius 2 is 1.86 bits per heavy atom. The van der Waals surface area contributed by atoms with Crippen molar-refractivity contribution >= 4 is 0 Å². The summed E-state index contributed by atoms with van der Waals surface area (Å²) < 4.78 is 13.6. The summed E-state index contributed by atoms with van der Waals surface area (Å²) >= 11 is 0. The summed E-state index contributed by atoms with van der Waals surface area (Å²) in [6.45, 7) is 9.97. The van der Waals surface area contributed by atoms with Crippen molar-refractivity contribution < 1.29 is 4.39 Å². The Morgan fingerprint density at radius 1 is 1.29 bits per heavy atom. The number of hydrogen-bond acceptors (Lipinski definition) is 1. The first-order chi connectivity index (χ1) is 6.32. The Kier molecular flexibility index (Phi) is 2.93. The van der Waals surface area contributed by atoms with Gasteiger partial charge < -0.3 is 0 Å². The van der Waals surface area contributed by atoms with E-state index in [9.17, 15) is 4.39 Å². The van der Waals surface area contributed by atoms with Gasteiger partial charge in [-0.2, -0.15) is 0 Å². The lowest BCUT2D eigenvalue weighted by Crippen LogP contribution is -2.16. The molecule has 0 aliphatic carbocycles. The van der Waals surface area contributed by atoms with Gasteiger partial charge in [0.2, 0.25) is 0 Å². The SMILES string of the molecule is CC(C)c1cnc(C(C)(C)C)c(F)c1. The third-order valence-electron chi connectivity index (χ3n) is 2.24. The maximum atomic E-state index is 13.6. The van der Waals surface area contributed by atoms with Crippen molar-refractivity contribution in [1.29, 1.82) is 0 Å². The van der Waals surface area contributed by atoms with Gasteiger partial charge in [-0.3, -0.25) is 4.98 Å². The average Bonchev–Trinajstić information content (AvgIpc) is 2.01. The lowest BCUT2D eigenvalue weighted by molar-refractivity contribution is 0.500. The van der Waals surface area contributed by atoms with Crippen LogP contribution >= 0.6 is 0 Å². The zero-order chi connectivity index (χ0) is 10.9. The van der Waals surface area contributed by atoms with Gasteiger partial charge in [0.05, 0.1) is 5.69 Å². The minimum Gasteiger partial charge on any atom is -0.257 e. The van der Waals surface area contributed by atoms with Crippen molar-refractivity contribution in [1.82, 2.24) is 4.98 Å². The van der Waals surface area contributed by atoms with E-state index in [1.54, 1.807) is 12.3 Å². The number of rotatable bonds is 1. The minimum atomic E-state index is -0.223. The summed E-state index contributed by atoms with van der Waals surface area (Å²) in [5.41, 5.74) is 1.27. The number of aromatic nitrogens is 1. The Balaban J connectivity index is 3.15. The molecule has 14 heavy (non-hydrogen) atoms. The molecule has 78 valence electrons. The minimum absolute atomic E-state index is 0.191. The van der Waals surface area contributed by atoms with Crippen LogP contribution in [0, 0.1) is 5.82 Å². The van der Waals surface area contributed by atoms with E-state index in [2.05, 4.69) is 4.98 Å². The highest BCUT2D eigenvalue weighted by Gasteiger charge is 2.20. The van der Waals surface area contributed by atoms with E-state index in [1.165, 1.54) is 0 Å². The lowest BCUT2D eigenvalue weighted by Gasteiger charge is -2.19. The molecule has 1 nitrogen and oxygen atoms in total. The summed E-state index contributed by atoms with van der Waals surface area (Å²) in [6.07, 6.45) is 1.77. The summed E-state index contributed by atoms with van der Waals surface area (Å²) in [4.78, 5) is 4.20. The van der Waals surface area contributed by atoms with Gasteiger partial charge in [0, 0.05) is 11.6 Å². The highest BCUT2D eigenvalue weighted by molar-refractivity contribution is 5.23. The van der Waals surface area contributed by atoms with Crippen LogP contribution in [0.4, 0.5) is 4.39 Å². The van der Waals surface area contributed by atoms with Crippen LogP contribution in [-0.2, 0) is 5.41 Å². The van der Waals surface area contributed by atoms with Crippen LogP contribution in [-0.4, -0.2) is 4.98 Å². The fourth-order valence-electron chi connectivity index (χ4n) is 1.32. The summed E-state index contributed by atoms with van der Waals surface area (Å²) in [7, 11) is 0. The van der Waals surface area contributed by atoms with Crippen molar-refractivity contribution in [3.05, 3.63) is 29.3 Å². The van der Waals surface area contributed by atoms with Gasteiger partial charge >= 0.3 is 0 Å². The zero-order valence-corrected chi connectivity index (χ0v) is 9.56. The second-order valence-electron chi connectivity index (χ2n) is 5.00. The van der Waals surface area contributed by atoms with Gasteiger partial charge in [0.1, 0.15) is 5.82 Å². The number of halogens is 1. The number of nitrogens with zero attached hydrogens (tertiary/aromatic N) is 1. The van der Waals surface area contributed by atoms with E-state index in [0.717, 1.165) is 5.56 Å². The van der Waals surface area contributed by atoms with Gasteiger partial charge in [-0.25, -0.2) is 4.39 Å². The molecule has 0 saturated heterocycles. The molecule has 2 heteroatoms. The summed E-state index contributed by atoms with van der Waals surface area (Å²) in [5, 5.41) is 0. The molecule has 0 fully saturated rings. The zero-order valence-electron chi connectivity index (χ0n) is 9.56. The van der Waals surface area contributed by atoms with Gasteiger partial charge in [-0.15, -0.1) is 0 Å². The van der Waals surface area contributed by atoms with Crippen LogP contribution in [0.25, 0.3) is 0 Å². The molecule has 0 N–H and O–H groups in total. The van der Waals surface area contributed by atoms with Crippen molar-refractivity contribution in [2.24, 2.45) is 0 Å². The van der Waals surface area contributed by atoms with Crippen LogP contribution < -0.4 is 0 Å². The fraction of sp³-hybridized carbons (Fsp3) is 0.583. The van der Waals surface area contributed by atoms with E-state index >= 15 is 0 Å². The van der Waals surface area contributed by atoms with Crippen LogP contribution in [0.15, 0.2) is 12.3 Å². The molecular formula is C12H18FN. The van der Waals surface area contributed by atoms with E-state index < -0.39 is 0 Å². The van der Waals surface area contributed by atoms with Gasteiger partial charge in [-0.1, -0.05) is 34.6 Å². The first kappa shape index (κ1) is 11.2. The summed E-state index contributed by atoms with van der Waals surface area (Å²) in [5.74, 6) is 0.134. The predicted octanol–water partition coefficient (Wildman–Crippen LogP) is 3.64. The lowest BCUT2D eigenvalue weighted by atomic mass is 9.90. The van der Waals surface area contributed by atoms with Crippen molar-refractivity contribution in [3.8, 4) is 0 Å². The Bertz CT molecular complexity index is 324. The molecule has 1 aromatic rings. The third kappa shape index (κ3) is 2.31. The number of hydrogen-bond donors (Lipinski definition) is 0. The van der Waals surface area contributed by atoms with E-state index in [4.69, 9.17) is 0 Å². The maximum Gasteiger partial charge on any atom is 0.145 e. The monoisotopic (exact) mass is 195 g/mol. The topological polar surface area (TPSA) is 12.9 Å². The van der Waals surface area contributed by atoms with Gasteiger partial charge in [0.25, 0.3) is 0 Å². The molecule has 0 bridgehead atoms. The molecule has 0 aliphatic rings. The van der Waals surface area contributed by atoms with Crippen LogP contribution in [0.5, 0.6) is 0 Å². The van der Waals surface area contributed by atoms with Crippen LogP contribution in [0.2, 0.25) is 0 Å². The fourth-order valence-corrected chi connectivity index (χ4v) is 1.32. The van der Waals surface area contributed by atoms with Crippen molar-refractivity contribution in [2.45, 2.75) is 46.0 Å². The molecule has 0 radical (unpaired) electrons. The first-order valence-electron chi connectivity index (χ1n) is 4.98. The second kappa shape index (κ2) is 3.68. The highest BCUT2D eigenvalue weighted by Crippen LogP contribution is 2.24. The highest BCUT2D eigenvalue weighted by atomic mass is 19.1. The van der Waals surface area contributed by atoms with Crippen LogP contribution in [0.1, 0.15) is 51.8 Å². The maximum absolute atomic E-state index is 13.6. The molecule has 1 aromatic heterocycles. The smallest absolute Gasteiger partial charge is 0.145 e. The molecule has 0 amide bonds. The molecular weight excluding hydrogens is 177 g/mol.